The van der Waals surface area contributed by atoms with Gasteiger partial charge in [0.05, 0.1) is 18.7 Å². The van der Waals surface area contributed by atoms with Gasteiger partial charge in [-0.25, -0.2) is 0 Å². The third kappa shape index (κ3) is 4.22. The Morgan fingerprint density at radius 3 is 2.74 bits per heavy atom. The Kier molecular flexibility index (Phi) is 5.58. The van der Waals surface area contributed by atoms with Gasteiger partial charge in [0.25, 0.3) is 5.91 Å². The summed E-state index contributed by atoms with van der Waals surface area (Å²) in [6.45, 7) is -0.239. The predicted molar refractivity (Wildman–Crippen MR) is 83.4 cm³/mol. The number of hydrogen-bond acceptors (Lipinski definition) is 5. The minimum absolute atomic E-state index is 0.239. The van der Waals surface area contributed by atoms with E-state index in [2.05, 4.69) is 11.4 Å². The molecule has 23 heavy (non-hydrogen) atoms. The predicted octanol–water partition coefficient (Wildman–Crippen LogP) is 2.23. The van der Waals surface area contributed by atoms with Crippen LogP contribution in [0.15, 0.2) is 18.2 Å². The first-order chi connectivity index (χ1) is 11.1. The maximum Gasteiger partial charge on any atom is 0.259 e. The molecule has 1 saturated carbocycles. The molecule has 0 atom stereocenters. The highest BCUT2D eigenvalue weighted by atomic mass is 16.5. The van der Waals surface area contributed by atoms with Crippen molar-refractivity contribution in [3.8, 4) is 17.6 Å². The van der Waals surface area contributed by atoms with E-state index in [1.807, 2.05) is 0 Å². The van der Waals surface area contributed by atoms with Gasteiger partial charge in [-0.15, -0.1) is 0 Å². The van der Waals surface area contributed by atoms with E-state index < -0.39 is 5.54 Å². The second-order valence-electron chi connectivity index (χ2n) is 5.61. The molecule has 0 saturated heterocycles. The van der Waals surface area contributed by atoms with Gasteiger partial charge in [-0.05, 0) is 31.0 Å². The zero-order valence-corrected chi connectivity index (χ0v) is 13.1. The second-order valence-corrected chi connectivity index (χ2v) is 5.61. The molecule has 1 aliphatic carbocycles. The number of hydrogen-bond donors (Lipinski definition) is 1. The van der Waals surface area contributed by atoms with E-state index in [9.17, 15) is 14.9 Å². The van der Waals surface area contributed by atoms with Crippen LogP contribution in [-0.2, 0) is 4.79 Å². The van der Waals surface area contributed by atoms with Crippen molar-refractivity contribution in [1.29, 1.82) is 5.26 Å². The van der Waals surface area contributed by atoms with Crippen molar-refractivity contribution in [3.63, 3.8) is 0 Å². The van der Waals surface area contributed by atoms with Crippen molar-refractivity contribution >= 4 is 12.2 Å². The highest BCUT2D eigenvalue weighted by Gasteiger charge is 2.33. The van der Waals surface area contributed by atoms with Gasteiger partial charge in [0, 0.05) is 0 Å². The lowest BCUT2D eigenvalue weighted by Crippen LogP contribution is -2.50. The summed E-state index contributed by atoms with van der Waals surface area (Å²) in [5.74, 6) is 0.487. The van der Waals surface area contributed by atoms with Crippen LogP contribution in [0.5, 0.6) is 11.5 Å². The van der Waals surface area contributed by atoms with Crippen LogP contribution in [-0.4, -0.2) is 31.4 Å². The van der Waals surface area contributed by atoms with Crippen LogP contribution in [0.2, 0.25) is 0 Å². The largest absolute Gasteiger partial charge is 0.497 e. The molecule has 6 nitrogen and oxygen atoms in total. The lowest BCUT2D eigenvalue weighted by molar-refractivity contribution is -0.124. The molecule has 1 aromatic carbocycles. The van der Waals surface area contributed by atoms with Gasteiger partial charge >= 0.3 is 0 Å². The Hall–Kier alpha value is -2.55. The molecule has 1 aliphatic rings. The number of rotatable bonds is 6. The number of carbonyl (C=O) groups is 2. The van der Waals surface area contributed by atoms with Crippen LogP contribution in [0.25, 0.3) is 0 Å². The zero-order chi connectivity index (χ0) is 16.7. The van der Waals surface area contributed by atoms with Gasteiger partial charge in [-0.2, -0.15) is 5.26 Å². The van der Waals surface area contributed by atoms with Crippen molar-refractivity contribution in [2.75, 3.05) is 13.7 Å². The van der Waals surface area contributed by atoms with Crippen LogP contribution in [0, 0.1) is 11.3 Å². The van der Waals surface area contributed by atoms with Crippen LogP contribution in [0.3, 0.4) is 0 Å². The summed E-state index contributed by atoms with van der Waals surface area (Å²) in [6.07, 6.45) is 4.93. The van der Waals surface area contributed by atoms with Crippen LogP contribution in [0.4, 0.5) is 0 Å². The molecule has 0 bridgehead atoms. The van der Waals surface area contributed by atoms with E-state index in [-0.39, 0.29) is 12.5 Å². The van der Waals surface area contributed by atoms with Crippen molar-refractivity contribution < 1.29 is 19.1 Å². The van der Waals surface area contributed by atoms with E-state index in [4.69, 9.17) is 9.47 Å². The standard InChI is InChI=1S/C17H20N2O4/c1-22-14-5-6-15(13(9-14)10-20)23-11-16(21)19-17(12-18)7-3-2-4-8-17/h5-6,9-10H,2-4,7-8,11H2,1H3,(H,19,21). The molecule has 1 N–H and O–H groups in total. The molecular weight excluding hydrogens is 296 g/mol. The van der Waals surface area contributed by atoms with Gasteiger partial charge in [0.15, 0.2) is 12.9 Å². The number of nitrogens with one attached hydrogen (secondary N) is 1. The van der Waals surface area contributed by atoms with Crippen LogP contribution in [0.1, 0.15) is 42.5 Å². The normalized spacial score (nSPS) is 16.0. The van der Waals surface area contributed by atoms with E-state index >= 15 is 0 Å². The molecule has 0 spiro atoms. The summed E-state index contributed by atoms with van der Waals surface area (Å²) in [4.78, 5) is 23.1. The molecule has 122 valence electrons. The number of aldehydes is 1. The smallest absolute Gasteiger partial charge is 0.259 e. The van der Waals surface area contributed by atoms with Crippen molar-refractivity contribution in [2.24, 2.45) is 0 Å². The summed E-state index contributed by atoms with van der Waals surface area (Å²) < 4.78 is 10.4. The number of ether oxygens (including phenoxy) is 2. The third-order valence-electron chi connectivity index (χ3n) is 4.00. The van der Waals surface area contributed by atoms with Crippen molar-refractivity contribution in [1.82, 2.24) is 5.32 Å². The summed E-state index contributed by atoms with van der Waals surface area (Å²) in [7, 11) is 1.50. The Balaban J connectivity index is 1.96. The third-order valence-corrected chi connectivity index (χ3v) is 4.00. The number of nitriles is 1. The zero-order valence-electron chi connectivity index (χ0n) is 13.1. The van der Waals surface area contributed by atoms with E-state index in [1.165, 1.54) is 13.2 Å². The first kappa shape index (κ1) is 16.8. The molecule has 6 heteroatoms. The van der Waals surface area contributed by atoms with Gasteiger partial charge in [0.1, 0.15) is 17.0 Å². The van der Waals surface area contributed by atoms with Crippen molar-refractivity contribution in [2.45, 2.75) is 37.6 Å². The van der Waals surface area contributed by atoms with E-state index in [0.29, 0.717) is 36.2 Å². The fourth-order valence-corrected chi connectivity index (χ4v) is 2.74. The molecule has 1 fully saturated rings. The summed E-state index contributed by atoms with van der Waals surface area (Å²) in [5.41, 5.74) is -0.476. The molecule has 2 rings (SSSR count). The molecule has 1 aromatic rings. The molecule has 1 amide bonds. The first-order valence-electron chi connectivity index (χ1n) is 7.61. The van der Waals surface area contributed by atoms with E-state index in [1.54, 1.807) is 12.1 Å². The first-order valence-corrected chi connectivity index (χ1v) is 7.61. The maximum atomic E-state index is 12.1. The second kappa shape index (κ2) is 7.63. The van der Waals surface area contributed by atoms with Gasteiger partial charge in [-0.1, -0.05) is 19.3 Å². The Labute approximate surface area is 135 Å². The average molecular weight is 316 g/mol. The fourth-order valence-electron chi connectivity index (χ4n) is 2.74. The molecule has 0 unspecified atom stereocenters. The van der Waals surface area contributed by atoms with Crippen LogP contribution < -0.4 is 14.8 Å². The van der Waals surface area contributed by atoms with Gasteiger partial charge in [-0.3, -0.25) is 9.59 Å². The molecular formula is C17H20N2O4. The fraction of sp³-hybridized carbons (Fsp3) is 0.471. The Morgan fingerprint density at radius 1 is 1.39 bits per heavy atom. The highest BCUT2D eigenvalue weighted by Crippen LogP contribution is 2.27. The minimum Gasteiger partial charge on any atom is -0.497 e. The number of amides is 1. The quantitative estimate of drug-likeness (QED) is 0.813. The molecule has 0 radical (unpaired) electrons. The number of nitrogens with zero attached hydrogens (tertiary/aromatic N) is 1. The lowest BCUT2D eigenvalue weighted by atomic mass is 9.83. The SMILES string of the molecule is COc1ccc(OCC(=O)NC2(C#N)CCCCC2)c(C=O)c1. The summed E-state index contributed by atoms with van der Waals surface area (Å²) in [6, 6.07) is 6.99. The van der Waals surface area contributed by atoms with Gasteiger partial charge < -0.3 is 14.8 Å². The lowest BCUT2D eigenvalue weighted by Gasteiger charge is -2.31. The van der Waals surface area contributed by atoms with Crippen molar-refractivity contribution in [3.05, 3.63) is 23.8 Å². The Morgan fingerprint density at radius 2 is 2.13 bits per heavy atom. The van der Waals surface area contributed by atoms with Crippen LogP contribution >= 0.6 is 0 Å². The Bertz CT molecular complexity index is 616. The number of methoxy groups -OCH3 is 1. The summed E-state index contributed by atoms with van der Waals surface area (Å²) in [5, 5.41) is 12.1. The topological polar surface area (TPSA) is 88.4 Å². The van der Waals surface area contributed by atoms with Gasteiger partial charge in [0.2, 0.25) is 0 Å². The summed E-state index contributed by atoms with van der Waals surface area (Å²) >= 11 is 0. The monoisotopic (exact) mass is 316 g/mol. The highest BCUT2D eigenvalue weighted by molar-refractivity contribution is 5.82. The minimum atomic E-state index is -0.786. The number of benzene rings is 1. The average Bonchev–Trinajstić information content (AvgIpc) is 2.60. The van der Waals surface area contributed by atoms with E-state index in [0.717, 1.165) is 19.3 Å². The molecule has 0 heterocycles. The molecule has 0 aliphatic heterocycles. The number of carbonyl (C=O) groups excluding carboxylic acids is 2. The molecule has 0 aromatic heterocycles. The maximum absolute atomic E-state index is 12.1.